The van der Waals surface area contributed by atoms with Gasteiger partial charge in [0, 0.05) is 37.6 Å². The first-order chi connectivity index (χ1) is 9.83. The van der Waals surface area contributed by atoms with Gasteiger partial charge < -0.3 is 10.2 Å². The standard InChI is InChI=1S/C14H22N4OS/c19-14(15-9-12-10-20-11-16-12)18-7-5-17(6-8-18)13-3-1-2-4-13/h10-11,13H,1-9H2,(H,15,19). The van der Waals surface area contributed by atoms with Crippen LogP contribution in [0.1, 0.15) is 31.4 Å². The molecule has 110 valence electrons. The Morgan fingerprint density at radius 3 is 2.70 bits per heavy atom. The van der Waals surface area contributed by atoms with Crippen LogP contribution in [-0.4, -0.2) is 53.0 Å². The first-order valence-electron chi connectivity index (χ1n) is 7.47. The van der Waals surface area contributed by atoms with E-state index in [1.807, 2.05) is 10.3 Å². The van der Waals surface area contributed by atoms with E-state index in [9.17, 15) is 4.79 Å². The molecule has 0 unspecified atom stereocenters. The Bertz CT molecular complexity index is 422. The van der Waals surface area contributed by atoms with Crippen molar-refractivity contribution in [2.75, 3.05) is 26.2 Å². The molecule has 0 bridgehead atoms. The molecule has 3 rings (SSSR count). The van der Waals surface area contributed by atoms with Crippen LogP contribution in [0.15, 0.2) is 10.9 Å². The van der Waals surface area contributed by atoms with Crippen LogP contribution >= 0.6 is 11.3 Å². The van der Waals surface area contributed by atoms with E-state index < -0.39 is 0 Å². The zero-order chi connectivity index (χ0) is 13.8. The number of thiazole rings is 1. The lowest BCUT2D eigenvalue weighted by Gasteiger charge is -2.37. The van der Waals surface area contributed by atoms with Crippen LogP contribution in [0.5, 0.6) is 0 Å². The fourth-order valence-corrected chi connectivity index (χ4v) is 3.72. The summed E-state index contributed by atoms with van der Waals surface area (Å²) >= 11 is 1.56. The number of nitrogens with one attached hydrogen (secondary N) is 1. The lowest BCUT2D eigenvalue weighted by molar-refractivity contribution is 0.109. The monoisotopic (exact) mass is 294 g/mol. The predicted octanol–water partition coefficient (Wildman–Crippen LogP) is 1.91. The van der Waals surface area contributed by atoms with Crippen LogP contribution in [0.25, 0.3) is 0 Å². The van der Waals surface area contributed by atoms with Gasteiger partial charge in [-0.3, -0.25) is 4.90 Å². The smallest absolute Gasteiger partial charge is 0.317 e. The normalized spacial score (nSPS) is 21.3. The molecule has 2 heterocycles. The second-order valence-electron chi connectivity index (χ2n) is 5.60. The summed E-state index contributed by atoms with van der Waals surface area (Å²) in [5.74, 6) is 0. The van der Waals surface area contributed by atoms with Gasteiger partial charge in [-0.15, -0.1) is 11.3 Å². The van der Waals surface area contributed by atoms with Gasteiger partial charge in [0.15, 0.2) is 0 Å². The molecular weight excluding hydrogens is 272 g/mol. The van der Waals surface area contributed by atoms with Gasteiger partial charge in [-0.05, 0) is 12.8 Å². The van der Waals surface area contributed by atoms with Crippen LogP contribution in [0.4, 0.5) is 4.79 Å². The van der Waals surface area contributed by atoms with Crippen molar-refractivity contribution in [3.05, 3.63) is 16.6 Å². The largest absolute Gasteiger partial charge is 0.332 e. The number of urea groups is 1. The van der Waals surface area contributed by atoms with Gasteiger partial charge in [0.05, 0.1) is 17.7 Å². The van der Waals surface area contributed by atoms with Crippen molar-refractivity contribution >= 4 is 17.4 Å². The summed E-state index contributed by atoms with van der Waals surface area (Å²) in [6.45, 7) is 4.27. The lowest BCUT2D eigenvalue weighted by atomic mass is 10.2. The highest BCUT2D eigenvalue weighted by Gasteiger charge is 2.27. The maximum absolute atomic E-state index is 12.1. The Kier molecular flexibility index (Phi) is 4.52. The Labute approximate surface area is 124 Å². The van der Waals surface area contributed by atoms with Gasteiger partial charge in [0.25, 0.3) is 0 Å². The number of carbonyl (C=O) groups is 1. The molecule has 1 saturated heterocycles. The molecular formula is C14H22N4OS. The molecule has 0 radical (unpaired) electrons. The van der Waals surface area contributed by atoms with E-state index >= 15 is 0 Å². The minimum absolute atomic E-state index is 0.0454. The van der Waals surface area contributed by atoms with E-state index in [-0.39, 0.29) is 6.03 Å². The molecule has 20 heavy (non-hydrogen) atoms. The van der Waals surface area contributed by atoms with Crippen molar-refractivity contribution in [1.29, 1.82) is 0 Å². The summed E-state index contributed by atoms with van der Waals surface area (Å²) in [6.07, 6.45) is 5.43. The van der Waals surface area contributed by atoms with Crippen molar-refractivity contribution < 1.29 is 4.79 Å². The zero-order valence-electron chi connectivity index (χ0n) is 11.8. The molecule has 1 aromatic rings. The van der Waals surface area contributed by atoms with Crippen molar-refractivity contribution in [2.45, 2.75) is 38.3 Å². The molecule has 5 nitrogen and oxygen atoms in total. The van der Waals surface area contributed by atoms with E-state index in [0.29, 0.717) is 6.54 Å². The highest BCUT2D eigenvalue weighted by atomic mass is 32.1. The number of aromatic nitrogens is 1. The fourth-order valence-electron chi connectivity index (χ4n) is 3.16. The van der Waals surface area contributed by atoms with E-state index in [4.69, 9.17) is 0 Å². The second-order valence-corrected chi connectivity index (χ2v) is 6.32. The molecule has 0 spiro atoms. The Morgan fingerprint density at radius 1 is 1.30 bits per heavy atom. The molecule has 1 aliphatic heterocycles. The summed E-state index contributed by atoms with van der Waals surface area (Å²) in [5, 5.41) is 4.92. The van der Waals surface area contributed by atoms with Gasteiger partial charge in [0.1, 0.15) is 0 Å². The van der Waals surface area contributed by atoms with E-state index in [2.05, 4.69) is 15.2 Å². The van der Waals surface area contributed by atoms with Crippen molar-refractivity contribution in [3.8, 4) is 0 Å². The summed E-state index contributed by atoms with van der Waals surface area (Å²) in [5.41, 5.74) is 2.73. The summed E-state index contributed by atoms with van der Waals surface area (Å²) in [6, 6.07) is 0.819. The molecule has 1 saturated carbocycles. The summed E-state index contributed by atoms with van der Waals surface area (Å²) in [7, 11) is 0. The molecule has 1 aromatic heterocycles. The maximum atomic E-state index is 12.1. The van der Waals surface area contributed by atoms with E-state index in [1.54, 1.807) is 16.8 Å². The fraction of sp³-hybridized carbons (Fsp3) is 0.714. The molecule has 1 aliphatic carbocycles. The van der Waals surface area contributed by atoms with Gasteiger partial charge in [-0.25, -0.2) is 9.78 Å². The first-order valence-corrected chi connectivity index (χ1v) is 8.41. The van der Waals surface area contributed by atoms with E-state index in [1.165, 1.54) is 25.7 Å². The zero-order valence-corrected chi connectivity index (χ0v) is 12.6. The van der Waals surface area contributed by atoms with Gasteiger partial charge >= 0.3 is 6.03 Å². The SMILES string of the molecule is O=C(NCc1cscn1)N1CCN(C2CCCC2)CC1. The number of piperazine rings is 1. The topological polar surface area (TPSA) is 48.5 Å². The number of carbonyl (C=O) groups excluding carboxylic acids is 1. The summed E-state index contributed by atoms with van der Waals surface area (Å²) in [4.78, 5) is 20.8. The minimum atomic E-state index is 0.0454. The molecule has 2 fully saturated rings. The highest BCUT2D eigenvalue weighted by Crippen LogP contribution is 2.24. The van der Waals surface area contributed by atoms with Crippen molar-refractivity contribution in [1.82, 2.24) is 20.1 Å². The second kappa shape index (κ2) is 6.54. The number of hydrogen-bond acceptors (Lipinski definition) is 4. The Balaban J connectivity index is 1.41. The number of nitrogens with zero attached hydrogens (tertiary/aromatic N) is 3. The van der Waals surface area contributed by atoms with Crippen LogP contribution in [0.2, 0.25) is 0 Å². The summed E-state index contributed by atoms with van der Waals surface area (Å²) < 4.78 is 0. The molecule has 0 aromatic carbocycles. The van der Waals surface area contributed by atoms with Crippen LogP contribution in [0, 0.1) is 0 Å². The first kappa shape index (κ1) is 13.8. The highest BCUT2D eigenvalue weighted by molar-refractivity contribution is 7.07. The third-order valence-electron chi connectivity index (χ3n) is 4.35. The molecule has 6 heteroatoms. The van der Waals surface area contributed by atoms with Crippen molar-refractivity contribution in [3.63, 3.8) is 0 Å². The molecule has 2 amide bonds. The molecule has 2 aliphatic rings. The van der Waals surface area contributed by atoms with Crippen molar-refractivity contribution in [2.24, 2.45) is 0 Å². The van der Waals surface area contributed by atoms with Crippen LogP contribution in [0.3, 0.4) is 0 Å². The quantitative estimate of drug-likeness (QED) is 0.926. The Hall–Kier alpha value is -1.14. The van der Waals surface area contributed by atoms with Crippen LogP contribution in [-0.2, 0) is 6.54 Å². The number of amides is 2. The van der Waals surface area contributed by atoms with Gasteiger partial charge in [-0.1, -0.05) is 12.8 Å². The maximum Gasteiger partial charge on any atom is 0.317 e. The van der Waals surface area contributed by atoms with Gasteiger partial charge in [0.2, 0.25) is 0 Å². The van der Waals surface area contributed by atoms with Gasteiger partial charge in [-0.2, -0.15) is 0 Å². The number of hydrogen-bond donors (Lipinski definition) is 1. The predicted molar refractivity (Wildman–Crippen MR) is 79.8 cm³/mol. The third kappa shape index (κ3) is 3.30. The van der Waals surface area contributed by atoms with Crippen LogP contribution < -0.4 is 5.32 Å². The molecule has 1 N–H and O–H groups in total. The number of rotatable bonds is 3. The average molecular weight is 294 g/mol. The third-order valence-corrected chi connectivity index (χ3v) is 4.98. The Morgan fingerprint density at radius 2 is 2.05 bits per heavy atom. The average Bonchev–Trinajstić information content (AvgIpc) is 3.18. The van der Waals surface area contributed by atoms with E-state index in [0.717, 1.165) is 37.9 Å². The minimum Gasteiger partial charge on any atom is -0.332 e. The molecule has 0 atom stereocenters. The lowest BCUT2D eigenvalue weighted by Crippen LogP contribution is -2.53.